The summed E-state index contributed by atoms with van der Waals surface area (Å²) in [6.07, 6.45) is 3.98. The molecule has 0 aromatic rings. The number of unbranched alkanes of at least 4 members (excludes halogenated alkanes) is 2. The van der Waals surface area contributed by atoms with Gasteiger partial charge in [0.2, 0.25) is 5.91 Å². The summed E-state index contributed by atoms with van der Waals surface area (Å²) in [5.41, 5.74) is 0. The van der Waals surface area contributed by atoms with Gasteiger partial charge in [-0.2, -0.15) is 0 Å². The smallest absolute Gasteiger partial charge is 0.219 e. The molecule has 0 spiro atoms. The first kappa shape index (κ1) is 11.1. The second-order valence-electron chi connectivity index (χ2n) is 2.94. The molecule has 0 aromatic heterocycles. The highest BCUT2D eigenvalue weighted by atomic mass is 16.1. The molecule has 0 aliphatic rings. The summed E-state index contributed by atoms with van der Waals surface area (Å²) in [4.78, 5) is 21.2. The van der Waals surface area contributed by atoms with Crippen molar-refractivity contribution in [2.24, 2.45) is 0 Å². The van der Waals surface area contributed by atoms with Crippen LogP contribution in [0.5, 0.6) is 0 Å². The van der Waals surface area contributed by atoms with E-state index in [9.17, 15) is 9.59 Å². The van der Waals surface area contributed by atoms with Crippen LogP contribution in [0.2, 0.25) is 0 Å². The largest absolute Gasteiger partial charge is 0.359 e. The maximum absolute atomic E-state index is 10.7. The molecule has 3 heteroatoms. The van der Waals surface area contributed by atoms with E-state index in [4.69, 9.17) is 0 Å². The Labute approximate surface area is 73.5 Å². The lowest BCUT2D eigenvalue weighted by Crippen LogP contribution is -2.16. The van der Waals surface area contributed by atoms with Crippen molar-refractivity contribution in [2.45, 2.75) is 39.0 Å². The van der Waals surface area contributed by atoms with E-state index in [2.05, 4.69) is 5.32 Å². The van der Waals surface area contributed by atoms with Gasteiger partial charge >= 0.3 is 0 Å². The van der Waals surface area contributed by atoms with E-state index in [0.717, 1.165) is 19.3 Å². The predicted octanol–water partition coefficient (Wildman–Crippen LogP) is 1.27. The van der Waals surface area contributed by atoms with Gasteiger partial charge < -0.3 is 10.1 Å². The molecule has 0 bridgehead atoms. The standard InChI is InChI=1S/C9H17NO2/c1-8(11)6-4-3-5-7-9(12)10-2/h3-7H2,1-2H3,(H,10,12). The number of amides is 1. The maximum atomic E-state index is 10.7. The molecule has 0 unspecified atom stereocenters. The van der Waals surface area contributed by atoms with Crippen LogP contribution in [0.3, 0.4) is 0 Å². The third-order valence-corrected chi connectivity index (χ3v) is 1.71. The lowest BCUT2D eigenvalue weighted by Gasteiger charge is -1.98. The number of carbonyl (C=O) groups excluding carboxylic acids is 2. The van der Waals surface area contributed by atoms with Gasteiger partial charge in [-0.25, -0.2) is 0 Å². The van der Waals surface area contributed by atoms with Crippen molar-refractivity contribution in [2.75, 3.05) is 7.05 Å². The molecule has 0 aromatic carbocycles. The van der Waals surface area contributed by atoms with Gasteiger partial charge in [0.1, 0.15) is 5.78 Å². The van der Waals surface area contributed by atoms with Crippen LogP contribution >= 0.6 is 0 Å². The van der Waals surface area contributed by atoms with Crippen molar-refractivity contribution in [3.8, 4) is 0 Å². The molecule has 0 saturated heterocycles. The summed E-state index contributed by atoms with van der Waals surface area (Å²) in [5, 5.41) is 2.56. The molecule has 0 heterocycles. The van der Waals surface area contributed by atoms with Gasteiger partial charge in [0.05, 0.1) is 0 Å². The second kappa shape index (κ2) is 6.83. The Hall–Kier alpha value is -0.860. The third kappa shape index (κ3) is 7.25. The minimum atomic E-state index is 0.0813. The van der Waals surface area contributed by atoms with Crippen LogP contribution in [-0.2, 0) is 9.59 Å². The fraction of sp³-hybridized carbons (Fsp3) is 0.778. The first-order valence-electron chi connectivity index (χ1n) is 4.37. The first-order chi connectivity index (χ1) is 5.66. The zero-order valence-corrected chi connectivity index (χ0v) is 7.85. The van der Waals surface area contributed by atoms with Crippen molar-refractivity contribution in [1.82, 2.24) is 5.32 Å². The summed E-state index contributed by atoms with van der Waals surface area (Å²) >= 11 is 0. The lowest BCUT2D eigenvalue weighted by molar-refractivity contribution is -0.120. The number of nitrogens with one attached hydrogen (secondary N) is 1. The number of hydrogen-bond acceptors (Lipinski definition) is 2. The summed E-state index contributed by atoms with van der Waals surface area (Å²) in [7, 11) is 1.64. The third-order valence-electron chi connectivity index (χ3n) is 1.71. The molecule has 0 aliphatic carbocycles. The van der Waals surface area contributed by atoms with E-state index in [0.29, 0.717) is 12.8 Å². The fourth-order valence-electron chi connectivity index (χ4n) is 0.961. The van der Waals surface area contributed by atoms with Crippen LogP contribution < -0.4 is 5.32 Å². The van der Waals surface area contributed by atoms with Crippen LogP contribution in [0.25, 0.3) is 0 Å². The number of Topliss-reactive ketones (excluding diaryl/α,β-unsaturated/α-hetero) is 1. The SMILES string of the molecule is CNC(=O)CCCCCC(C)=O. The Morgan fingerprint density at radius 1 is 1.08 bits per heavy atom. The molecular formula is C9H17NO2. The zero-order valence-electron chi connectivity index (χ0n) is 7.85. The molecule has 0 fully saturated rings. The monoisotopic (exact) mass is 171 g/mol. The van der Waals surface area contributed by atoms with Gasteiger partial charge in [0, 0.05) is 19.9 Å². The zero-order chi connectivity index (χ0) is 9.40. The minimum Gasteiger partial charge on any atom is -0.359 e. The summed E-state index contributed by atoms with van der Waals surface area (Å²) in [6.45, 7) is 1.60. The number of carbonyl (C=O) groups is 2. The topological polar surface area (TPSA) is 46.2 Å². The first-order valence-corrected chi connectivity index (χ1v) is 4.37. The molecule has 0 saturated carbocycles. The van der Waals surface area contributed by atoms with E-state index in [1.54, 1.807) is 14.0 Å². The van der Waals surface area contributed by atoms with Crippen LogP contribution in [0, 0.1) is 0 Å². The van der Waals surface area contributed by atoms with Gasteiger partial charge in [0.15, 0.2) is 0 Å². The van der Waals surface area contributed by atoms with Crippen molar-refractivity contribution >= 4 is 11.7 Å². The highest BCUT2D eigenvalue weighted by Gasteiger charge is 1.97. The molecular weight excluding hydrogens is 154 g/mol. The van der Waals surface area contributed by atoms with Crippen molar-refractivity contribution in [1.29, 1.82) is 0 Å². The lowest BCUT2D eigenvalue weighted by atomic mass is 10.1. The Bertz CT molecular complexity index is 155. The molecule has 3 nitrogen and oxygen atoms in total. The van der Waals surface area contributed by atoms with Gasteiger partial charge in [0.25, 0.3) is 0 Å². The minimum absolute atomic E-state index is 0.0813. The van der Waals surface area contributed by atoms with E-state index in [-0.39, 0.29) is 11.7 Å². The summed E-state index contributed by atoms with van der Waals surface area (Å²) < 4.78 is 0. The molecule has 0 rings (SSSR count). The average molecular weight is 171 g/mol. The van der Waals surface area contributed by atoms with Crippen LogP contribution in [0.4, 0.5) is 0 Å². The molecule has 0 atom stereocenters. The second-order valence-corrected chi connectivity index (χ2v) is 2.94. The highest BCUT2D eigenvalue weighted by molar-refractivity contribution is 5.75. The van der Waals surface area contributed by atoms with Gasteiger partial charge in [-0.1, -0.05) is 6.42 Å². The van der Waals surface area contributed by atoms with Crippen LogP contribution in [0.15, 0.2) is 0 Å². The average Bonchev–Trinajstić information content (AvgIpc) is 2.03. The Kier molecular flexibility index (Phi) is 6.34. The Morgan fingerprint density at radius 2 is 1.67 bits per heavy atom. The van der Waals surface area contributed by atoms with E-state index < -0.39 is 0 Å². The number of rotatable bonds is 6. The van der Waals surface area contributed by atoms with Crippen molar-refractivity contribution < 1.29 is 9.59 Å². The molecule has 1 N–H and O–H groups in total. The quantitative estimate of drug-likeness (QED) is 0.612. The molecule has 0 radical (unpaired) electrons. The van der Waals surface area contributed by atoms with Gasteiger partial charge in [-0.05, 0) is 19.8 Å². The normalized spacial score (nSPS) is 9.50. The van der Waals surface area contributed by atoms with Crippen LogP contribution in [0.1, 0.15) is 39.0 Å². The summed E-state index contributed by atoms with van der Waals surface area (Å²) in [5.74, 6) is 0.313. The Morgan fingerprint density at radius 3 is 2.17 bits per heavy atom. The van der Waals surface area contributed by atoms with Crippen molar-refractivity contribution in [3.63, 3.8) is 0 Å². The van der Waals surface area contributed by atoms with Gasteiger partial charge in [-0.3, -0.25) is 4.79 Å². The number of ketones is 1. The molecule has 70 valence electrons. The molecule has 1 amide bonds. The highest BCUT2D eigenvalue weighted by Crippen LogP contribution is 2.02. The van der Waals surface area contributed by atoms with Gasteiger partial charge in [-0.15, -0.1) is 0 Å². The molecule has 0 aliphatic heterocycles. The molecule has 12 heavy (non-hydrogen) atoms. The Balaban J connectivity index is 3.11. The number of hydrogen-bond donors (Lipinski definition) is 1. The predicted molar refractivity (Wildman–Crippen MR) is 47.8 cm³/mol. The van der Waals surface area contributed by atoms with E-state index in [1.165, 1.54) is 0 Å². The maximum Gasteiger partial charge on any atom is 0.219 e. The van der Waals surface area contributed by atoms with Crippen LogP contribution in [-0.4, -0.2) is 18.7 Å². The van der Waals surface area contributed by atoms with Crippen molar-refractivity contribution in [3.05, 3.63) is 0 Å². The van der Waals surface area contributed by atoms with E-state index in [1.807, 2.05) is 0 Å². The van der Waals surface area contributed by atoms with E-state index >= 15 is 0 Å². The fourth-order valence-corrected chi connectivity index (χ4v) is 0.961. The summed E-state index contributed by atoms with van der Waals surface area (Å²) in [6, 6.07) is 0.